The van der Waals surface area contributed by atoms with Crippen molar-refractivity contribution in [3.8, 4) is 5.75 Å². The molecule has 2 aromatic heterocycles. The van der Waals surface area contributed by atoms with E-state index in [1.54, 1.807) is 10.7 Å². The van der Waals surface area contributed by atoms with Gasteiger partial charge in [-0.3, -0.25) is 9.69 Å². The number of aromatic nitrogens is 3. The van der Waals surface area contributed by atoms with E-state index in [4.69, 9.17) is 21.3 Å². The molecule has 0 spiro atoms. The van der Waals surface area contributed by atoms with Gasteiger partial charge in [0, 0.05) is 29.9 Å². The third-order valence-electron chi connectivity index (χ3n) is 6.88. The molecular weight excluding hydrogens is 490 g/mol. The number of carbonyl (C=O) groups is 1. The molecule has 1 saturated carbocycles. The number of amides is 1. The quantitative estimate of drug-likeness (QED) is 0.380. The van der Waals surface area contributed by atoms with Crippen LogP contribution in [0.5, 0.6) is 5.75 Å². The molecule has 2 aliphatic heterocycles. The van der Waals surface area contributed by atoms with Crippen molar-refractivity contribution in [1.82, 2.24) is 24.8 Å². The van der Waals surface area contributed by atoms with Crippen LogP contribution in [0.15, 0.2) is 48.3 Å². The van der Waals surface area contributed by atoms with E-state index in [1.807, 2.05) is 30.3 Å². The second kappa shape index (κ2) is 10.1. The Labute approximate surface area is 220 Å². The van der Waals surface area contributed by atoms with E-state index in [-0.39, 0.29) is 5.91 Å². The van der Waals surface area contributed by atoms with Gasteiger partial charge in [0.05, 0.1) is 18.3 Å². The molecule has 0 radical (unpaired) electrons. The summed E-state index contributed by atoms with van der Waals surface area (Å²) < 4.78 is 7.82. The molecular formula is C27H30ClN7O2. The Balaban J connectivity index is 1.27. The first-order valence-electron chi connectivity index (χ1n) is 12.8. The summed E-state index contributed by atoms with van der Waals surface area (Å²) in [6.45, 7) is 7.71. The molecule has 3 N–H and O–H groups in total. The van der Waals surface area contributed by atoms with Crippen LogP contribution < -0.4 is 20.7 Å². The number of likely N-dealkylation sites (tertiary alicyclic amines) is 1. The minimum Gasteiger partial charge on any atom is -0.491 e. The lowest BCUT2D eigenvalue weighted by Crippen LogP contribution is -2.25. The molecule has 0 bridgehead atoms. The monoisotopic (exact) mass is 519 g/mol. The van der Waals surface area contributed by atoms with Crippen LogP contribution in [0.4, 0.5) is 17.3 Å². The lowest BCUT2D eigenvalue weighted by Gasteiger charge is -2.17. The number of nitrogens with zero attached hydrogens (tertiary/aromatic N) is 4. The van der Waals surface area contributed by atoms with Crippen molar-refractivity contribution in [1.29, 1.82) is 0 Å². The van der Waals surface area contributed by atoms with Gasteiger partial charge in [0.25, 0.3) is 0 Å². The Morgan fingerprint density at radius 1 is 1.27 bits per heavy atom. The van der Waals surface area contributed by atoms with E-state index >= 15 is 0 Å². The molecule has 0 atom stereocenters. The molecule has 6 rings (SSSR count). The first-order chi connectivity index (χ1) is 18.0. The second-order valence-corrected chi connectivity index (χ2v) is 10.2. The van der Waals surface area contributed by atoms with Gasteiger partial charge in [-0.15, -0.1) is 0 Å². The molecule has 3 fully saturated rings. The molecule has 1 aromatic carbocycles. The third kappa shape index (κ3) is 5.28. The highest BCUT2D eigenvalue weighted by Gasteiger charge is 2.24. The van der Waals surface area contributed by atoms with Crippen molar-refractivity contribution in [2.45, 2.75) is 38.1 Å². The average molecular weight is 520 g/mol. The summed E-state index contributed by atoms with van der Waals surface area (Å²) in [7, 11) is 0. The van der Waals surface area contributed by atoms with Crippen molar-refractivity contribution in [3.63, 3.8) is 0 Å². The predicted octanol–water partition coefficient (Wildman–Crippen LogP) is 4.59. The molecule has 192 valence electrons. The molecule has 1 aliphatic carbocycles. The molecule has 0 unspecified atom stereocenters. The Kier molecular flexibility index (Phi) is 6.48. The van der Waals surface area contributed by atoms with Crippen LogP contribution in [-0.2, 0) is 4.79 Å². The van der Waals surface area contributed by atoms with Crippen LogP contribution >= 0.6 is 11.6 Å². The van der Waals surface area contributed by atoms with E-state index in [9.17, 15) is 4.79 Å². The maximum absolute atomic E-state index is 11.8. The van der Waals surface area contributed by atoms with Crippen molar-refractivity contribution >= 4 is 46.6 Å². The highest BCUT2D eigenvalue weighted by Crippen LogP contribution is 2.35. The van der Waals surface area contributed by atoms with Crippen molar-refractivity contribution < 1.29 is 9.53 Å². The minimum atomic E-state index is -0.0590. The van der Waals surface area contributed by atoms with E-state index in [1.165, 1.54) is 12.8 Å². The first-order valence-corrected chi connectivity index (χ1v) is 13.2. The van der Waals surface area contributed by atoms with Gasteiger partial charge in [0.1, 0.15) is 29.0 Å². The number of anilines is 3. The van der Waals surface area contributed by atoms with Crippen LogP contribution in [0.25, 0.3) is 11.7 Å². The normalized spacial score (nSPS) is 19.1. The maximum Gasteiger partial charge on any atom is 0.228 e. The Morgan fingerprint density at radius 2 is 2.11 bits per heavy atom. The van der Waals surface area contributed by atoms with Crippen molar-refractivity contribution in [2.24, 2.45) is 0 Å². The predicted molar refractivity (Wildman–Crippen MR) is 145 cm³/mol. The Bertz CT molecular complexity index is 1390. The largest absolute Gasteiger partial charge is 0.491 e. The molecule has 10 heteroatoms. The van der Waals surface area contributed by atoms with Crippen molar-refractivity contribution in [3.05, 3.63) is 58.9 Å². The van der Waals surface area contributed by atoms with E-state index < -0.39 is 0 Å². The van der Waals surface area contributed by atoms with Gasteiger partial charge in [-0.2, -0.15) is 9.61 Å². The van der Waals surface area contributed by atoms with Gasteiger partial charge < -0.3 is 20.7 Å². The molecule has 3 aromatic rings. The average Bonchev–Trinajstić information content (AvgIpc) is 3.22. The zero-order valence-electron chi connectivity index (χ0n) is 20.6. The molecule has 2 saturated heterocycles. The number of hydrogen-bond acceptors (Lipinski definition) is 7. The number of fused-ring (bicyclic) bond motifs is 1. The van der Waals surface area contributed by atoms with Gasteiger partial charge in [-0.05, 0) is 62.6 Å². The number of halogens is 1. The van der Waals surface area contributed by atoms with Crippen LogP contribution in [-0.4, -0.2) is 57.7 Å². The zero-order valence-corrected chi connectivity index (χ0v) is 21.4. The third-order valence-corrected chi connectivity index (χ3v) is 7.27. The number of nitrogens with one attached hydrogen (secondary N) is 3. The number of carbonyl (C=O) groups excluding carboxylic acids is 1. The minimum absolute atomic E-state index is 0.0590. The fourth-order valence-corrected chi connectivity index (χ4v) is 4.96. The van der Waals surface area contributed by atoms with E-state index in [0.29, 0.717) is 52.7 Å². The fraction of sp³-hybridized carbons (Fsp3) is 0.370. The summed E-state index contributed by atoms with van der Waals surface area (Å²) >= 11 is 6.74. The number of ether oxygens (including phenoxy) is 1. The summed E-state index contributed by atoms with van der Waals surface area (Å²) in [6, 6.07) is 8.09. The van der Waals surface area contributed by atoms with E-state index in [0.717, 1.165) is 49.4 Å². The number of allylic oxidation sites excluding steroid dienone is 1. The Morgan fingerprint density at radius 3 is 2.86 bits per heavy atom. The smallest absolute Gasteiger partial charge is 0.228 e. The standard InChI is InChI=1S/C27H30ClN7O2/c1-17-18(14-25(36)30-17)13-19-16-29-35-24(31-20-7-8-20)15-23(33-27(19)35)32-21-5-4-6-22(26(21)28)37-12-11-34-9-2-3-10-34/h4-6,13,15-16,20,31H,1-3,7-12,14H2,(H,30,36)(H,32,33)/b18-13+. The van der Waals surface area contributed by atoms with Crippen LogP contribution in [0, 0.1) is 0 Å². The summed E-state index contributed by atoms with van der Waals surface area (Å²) in [5, 5.41) is 14.8. The highest BCUT2D eigenvalue weighted by molar-refractivity contribution is 6.34. The van der Waals surface area contributed by atoms with Crippen LogP contribution in [0.3, 0.4) is 0 Å². The molecule has 4 heterocycles. The molecule has 1 amide bonds. The number of rotatable bonds is 9. The second-order valence-electron chi connectivity index (χ2n) is 9.79. The van der Waals surface area contributed by atoms with Crippen molar-refractivity contribution in [2.75, 3.05) is 36.9 Å². The van der Waals surface area contributed by atoms with Gasteiger partial charge in [-0.25, -0.2) is 4.98 Å². The lowest BCUT2D eigenvalue weighted by molar-refractivity contribution is -0.118. The molecule has 9 nitrogen and oxygen atoms in total. The molecule has 37 heavy (non-hydrogen) atoms. The van der Waals surface area contributed by atoms with Crippen LogP contribution in [0.2, 0.25) is 5.02 Å². The maximum atomic E-state index is 11.8. The highest BCUT2D eigenvalue weighted by atomic mass is 35.5. The summed E-state index contributed by atoms with van der Waals surface area (Å²) in [5.74, 6) is 2.06. The SMILES string of the molecule is C=C1NC(=O)C/C1=C\c1cnn2c(NC3CC3)cc(Nc3cccc(OCCN4CCCC4)c3Cl)nc12. The van der Waals surface area contributed by atoms with Gasteiger partial charge in [0.2, 0.25) is 5.91 Å². The zero-order chi connectivity index (χ0) is 25.4. The fourth-order valence-electron chi connectivity index (χ4n) is 4.73. The van der Waals surface area contributed by atoms with Gasteiger partial charge >= 0.3 is 0 Å². The first kappa shape index (κ1) is 23.8. The number of hydrogen-bond donors (Lipinski definition) is 3. The van der Waals surface area contributed by atoms with Crippen LogP contribution in [0.1, 0.15) is 37.7 Å². The van der Waals surface area contributed by atoms with Gasteiger partial charge in [-0.1, -0.05) is 24.2 Å². The van der Waals surface area contributed by atoms with E-state index in [2.05, 4.69) is 32.5 Å². The lowest BCUT2D eigenvalue weighted by atomic mass is 10.1. The molecule has 3 aliphatic rings. The number of benzene rings is 1. The summed E-state index contributed by atoms with van der Waals surface area (Å²) in [6.07, 6.45) is 8.74. The van der Waals surface area contributed by atoms with Gasteiger partial charge in [0.15, 0.2) is 5.65 Å². The summed E-state index contributed by atoms with van der Waals surface area (Å²) in [4.78, 5) is 19.1. The summed E-state index contributed by atoms with van der Waals surface area (Å²) in [5.41, 5.74) is 3.64. The Hall–Kier alpha value is -3.56. The topological polar surface area (TPSA) is 95.8 Å².